The van der Waals surface area contributed by atoms with Crippen LogP contribution in [0.5, 0.6) is 17.2 Å². The summed E-state index contributed by atoms with van der Waals surface area (Å²) in [5.74, 6) is 1.33. The van der Waals surface area contributed by atoms with E-state index in [4.69, 9.17) is 14.2 Å². The maximum Gasteiger partial charge on any atom is 0.248 e. The highest BCUT2D eigenvalue weighted by Crippen LogP contribution is 2.40. The van der Waals surface area contributed by atoms with Gasteiger partial charge in [-0.05, 0) is 42.7 Å². The van der Waals surface area contributed by atoms with E-state index >= 15 is 0 Å². The van der Waals surface area contributed by atoms with Crippen molar-refractivity contribution in [1.29, 1.82) is 0 Å². The number of anilines is 1. The number of amides is 1. The third kappa shape index (κ3) is 4.70. The first-order valence-corrected chi connectivity index (χ1v) is 8.77. The van der Waals surface area contributed by atoms with E-state index in [2.05, 4.69) is 5.32 Å². The van der Waals surface area contributed by atoms with Crippen molar-refractivity contribution in [3.8, 4) is 17.2 Å². The summed E-state index contributed by atoms with van der Waals surface area (Å²) in [5, 5.41) is 2.84. The molecule has 0 saturated carbocycles. The minimum absolute atomic E-state index is 0.227. The molecule has 0 unspecified atom stereocenters. The number of nitrogens with one attached hydrogen (secondary N) is 1. The van der Waals surface area contributed by atoms with Gasteiger partial charge in [0.25, 0.3) is 0 Å². The van der Waals surface area contributed by atoms with Gasteiger partial charge in [-0.15, -0.1) is 11.8 Å². The molecular weight excluding hydrogens is 338 g/mol. The van der Waals surface area contributed by atoms with Gasteiger partial charge in [0.1, 0.15) is 0 Å². The minimum Gasteiger partial charge on any atom is -0.493 e. The average Bonchev–Trinajstić information content (AvgIpc) is 2.65. The second kappa shape index (κ2) is 9.03. The molecule has 0 aliphatic heterocycles. The van der Waals surface area contributed by atoms with Crippen molar-refractivity contribution >= 4 is 29.4 Å². The maximum absolute atomic E-state index is 12.2. The molecule has 0 heterocycles. The third-order valence-electron chi connectivity index (χ3n) is 3.49. The standard InChI is InChI=1S/C19H21NO4S/c1-22-16-10-8-13(18(23-2)19(16)24-3)9-11-17(21)20-14-6-5-7-15(12-14)25-4/h5-12H,1-4H3,(H,20,21)/b11-9+. The van der Waals surface area contributed by atoms with E-state index in [1.165, 1.54) is 6.08 Å². The highest BCUT2D eigenvalue weighted by molar-refractivity contribution is 7.98. The highest BCUT2D eigenvalue weighted by Gasteiger charge is 2.14. The quantitative estimate of drug-likeness (QED) is 0.596. The Hall–Kier alpha value is -2.60. The van der Waals surface area contributed by atoms with E-state index in [-0.39, 0.29) is 5.91 Å². The SMILES string of the molecule is COc1ccc(/C=C/C(=O)Nc2cccc(SC)c2)c(OC)c1OC. The molecule has 0 aliphatic carbocycles. The molecular formula is C19H21NO4S. The second-order valence-electron chi connectivity index (χ2n) is 4.98. The molecule has 2 rings (SSSR count). The maximum atomic E-state index is 12.2. The van der Waals surface area contributed by atoms with Crippen LogP contribution in [0.1, 0.15) is 5.56 Å². The molecule has 0 saturated heterocycles. The molecule has 6 heteroatoms. The van der Waals surface area contributed by atoms with Gasteiger partial charge in [0.15, 0.2) is 11.5 Å². The first-order chi connectivity index (χ1) is 12.1. The summed E-state index contributed by atoms with van der Waals surface area (Å²) in [6.45, 7) is 0. The normalized spacial score (nSPS) is 10.6. The Bertz CT molecular complexity index is 774. The summed E-state index contributed by atoms with van der Waals surface area (Å²) in [6, 6.07) is 11.2. The lowest BCUT2D eigenvalue weighted by Crippen LogP contribution is -2.07. The summed E-state index contributed by atoms with van der Waals surface area (Å²) < 4.78 is 16.0. The van der Waals surface area contributed by atoms with Gasteiger partial charge in [-0.1, -0.05) is 6.07 Å². The number of benzene rings is 2. The molecule has 0 atom stereocenters. The number of hydrogen-bond donors (Lipinski definition) is 1. The van der Waals surface area contributed by atoms with Gasteiger partial charge in [-0.3, -0.25) is 4.79 Å². The topological polar surface area (TPSA) is 56.8 Å². The van der Waals surface area contributed by atoms with Gasteiger partial charge in [0.05, 0.1) is 21.3 Å². The lowest BCUT2D eigenvalue weighted by Gasteiger charge is -2.14. The monoisotopic (exact) mass is 359 g/mol. The number of carbonyl (C=O) groups is 1. The number of hydrogen-bond acceptors (Lipinski definition) is 5. The predicted molar refractivity (Wildman–Crippen MR) is 102 cm³/mol. The van der Waals surface area contributed by atoms with Gasteiger partial charge < -0.3 is 19.5 Å². The predicted octanol–water partition coefficient (Wildman–Crippen LogP) is 4.09. The summed E-state index contributed by atoms with van der Waals surface area (Å²) in [6.07, 6.45) is 5.12. The molecule has 0 spiro atoms. The van der Waals surface area contributed by atoms with Gasteiger partial charge in [-0.2, -0.15) is 0 Å². The molecule has 0 radical (unpaired) electrons. The fourth-order valence-corrected chi connectivity index (χ4v) is 2.77. The van der Waals surface area contributed by atoms with Crippen molar-refractivity contribution in [3.05, 3.63) is 48.0 Å². The van der Waals surface area contributed by atoms with Crippen LogP contribution in [-0.4, -0.2) is 33.5 Å². The zero-order chi connectivity index (χ0) is 18.2. The van der Waals surface area contributed by atoms with E-state index < -0.39 is 0 Å². The molecule has 2 aromatic carbocycles. The van der Waals surface area contributed by atoms with Crippen LogP contribution in [0.4, 0.5) is 5.69 Å². The molecule has 1 amide bonds. The smallest absolute Gasteiger partial charge is 0.248 e. The van der Waals surface area contributed by atoms with E-state index in [9.17, 15) is 4.79 Å². The van der Waals surface area contributed by atoms with E-state index in [0.29, 0.717) is 22.8 Å². The van der Waals surface area contributed by atoms with Crippen molar-refractivity contribution in [1.82, 2.24) is 0 Å². The Morgan fingerprint density at radius 3 is 2.44 bits per heavy atom. The molecule has 5 nitrogen and oxygen atoms in total. The van der Waals surface area contributed by atoms with Gasteiger partial charge >= 0.3 is 0 Å². The molecule has 2 aromatic rings. The second-order valence-corrected chi connectivity index (χ2v) is 5.86. The number of thioether (sulfide) groups is 1. The fourth-order valence-electron chi connectivity index (χ4n) is 2.31. The molecule has 1 N–H and O–H groups in total. The highest BCUT2D eigenvalue weighted by atomic mass is 32.2. The molecule has 0 bridgehead atoms. The number of methoxy groups -OCH3 is 3. The summed E-state index contributed by atoms with van der Waals surface area (Å²) in [7, 11) is 4.64. The molecule has 0 fully saturated rings. The minimum atomic E-state index is -0.227. The van der Waals surface area contributed by atoms with Crippen molar-refractivity contribution in [2.45, 2.75) is 4.90 Å². The Morgan fingerprint density at radius 2 is 1.80 bits per heavy atom. The van der Waals surface area contributed by atoms with Crippen LogP contribution in [-0.2, 0) is 4.79 Å². The lowest BCUT2D eigenvalue weighted by molar-refractivity contribution is -0.111. The summed E-state index contributed by atoms with van der Waals surface area (Å²) in [5.41, 5.74) is 1.47. The Morgan fingerprint density at radius 1 is 1.04 bits per heavy atom. The molecule has 0 aromatic heterocycles. The Kier molecular flexibility index (Phi) is 6.77. The van der Waals surface area contributed by atoms with Crippen molar-refractivity contribution < 1.29 is 19.0 Å². The van der Waals surface area contributed by atoms with Crippen LogP contribution in [0.25, 0.3) is 6.08 Å². The van der Waals surface area contributed by atoms with Crippen molar-refractivity contribution in [2.75, 3.05) is 32.9 Å². The van der Waals surface area contributed by atoms with Crippen LogP contribution in [0, 0.1) is 0 Å². The van der Waals surface area contributed by atoms with Gasteiger partial charge in [0.2, 0.25) is 11.7 Å². The number of rotatable bonds is 7. The first-order valence-electron chi connectivity index (χ1n) is 7.55. The zero-order valence-electron chi connectivity index (χ0n) is 14.7. The third-order valence-corrected chi connectivity index (χ3v) is 4.21. The van der Waals surface area contributed by atoms with E-state index in [1.807, 2.05) is 30.5 Å². The van der Waals surface area contributed by atoms with Crippen LogP contribution in [0.3, 0.4) is 0 Å². The molecule has 0 aliphatic rings. The number of carbonyl (C=O) groups excluding carboxylic acids is 1. The van der Waals surface area contributed by atoms with Gasteiger partial charge in [0, 0.05) is 22.2 Å². The first kappa shape index (κ1) is 18.7. The van der Waals surface area contributed by atoms with Gasteiger partial charge in [-0.25, -0.2) is 0 Å². The van der Waals surface area contributed by atoms with Crippen LogP contribution >= 0.6 is 11.8 Å². The van der Waals surface area contributed by atoms with Crippen LogP contribution in [0.15, 0.2) is 47.4 Å². The largest absolute Gasteiger partial charge is 0.493 e. The Labute approximate surface area is 152 Å². The van der Waals surface area contributed by atoms with Crippen LogP contribution in [0.2, 0.25) is 0 Å². The lowest BCUT2D eigenvalue weighted by atomic mass is 10.1. The van der Waals surface area contributed by atoms with Crippen molar-refractivity contribution in [2.24, 2.45) is 0 Å². The molecule has 25 heavy (non-hydrogen) atoms. The molecule has 132 valence electrons. The van der Waals surface area contributed by atoms with E-state index in [0.717, 1.165) is 10.6 Å². The van der Waals surface area contributed by atoms with Crippen LogP contribution < -0.4 is 19.5 Å². The summed E-state index contributed by atoms with van der Waals surface area (Å²) >= 11 is 1.62. The fraction of sp³-hybridized carbons (Fsp3) is 0.211. The summed E-state index contributed by atoms with van der Waals surface area (Å²) in [4.78, 5) is 13.2. The zero-order valence-corrected chi connectivity index (χ0v) is 15.5. The van der Waals surface area contributed by atoms with E-state index in [1.54, 1.807) is 51.3 Å². The van der Waals surface area contributed by atoms with Crippen molar-refractivity contribution in [3.63, 3.8) is 0 Å². The Balaban J connectivity index is 2.19. The average molecular weight is 359 g/mol. The number of ether oxygens (including phenoxy) is 3.